The van der Waals surface area contributed by atoms with E-state index in [1.165, 1.54) is 18.4 Å². The first-order valence-electron chi connectivity index (χ1n) is 5.54. The van der Waals surface area contributed by atoms with Gasteiger partial charge in [-0.2, -0.15) is 0 Å². The smallest absolute Gasteiger partial charge is 0.343 e. The summed E-state index contributed by atoms with van der Waals surface area (Å²) < 4.78 is 4.77. The van der Waals surface area contributed by atoms with Gasteiger partial charge in [-0.05, 0) is 24.3 Å². The van der Waals surface area contributed by atoms with Gasteiger partial charge in [-0.25, -0.2) is 4.79 Å². The van der Waals surface area contributed by atoms with Gasteiger partial charge >= 0.3 is 5.97 Å². The first-order chi connectivity index (χ1) is 7.69. The van der Waals surface area contributed by atoms with Gasteiger partial charge in [0.15, 0.2) is 5.60 Å². The molecule has 1 aromatic heterocycles. The molecular formula is C12H16O3S. The molecule has 16 heavy (non-hydrogen) atoms. The van der Waals surface area contributed by atoms with Gasteiger partial charge in [-0.15, -0.1) is 11.3 Å². The first-order valence-corrected chi connectivity index (χ1v) is 6.42. The molecule has 3 nitrogen and oxygen atoms in total. The highest BCUT2D eigenvalue weighted by molar-refractivity contribution is 7.10. The van der Waals surface area contributed by atoms with Gasteiger partial charge in [0.1, 0.15) is 0 Å². The molecule has 1 aliphatic rings. The minimum absolute atomic E-state index is 0.00130. The molecule has 2 rings (SSSR count). The lowest BCUT2D eigenvalue weighted by Gasteiger charge is -2.30. The van der Waals surface area contributed by atoms with Crippen LogP contribution in [0.2, 0.25) is 0 Å². The van der Waals surface area contributed by atoms with Crippen molar-refractivity contribution in [2.24, 2.45) is 5.92 Å². The van der Waals surface area contributed by atoms with Crippen molar-refractivity contribution < 1.29 is 14.6 Å². The number of methoxy groups -OCH3 is 1. The summed E-state index contributed by atoms with van der Waals surface area (Å²) in [6, 6.07) is 3.66. The summed E-state index contributed by atoms with van der Waals surface area (Å²) in [5.41, 5.74) is -1.43. The van der Waals surface area contributed by atoms with E-state index in [1.807, 2.05) is 11.4 Å². The van der Waals surface area contributed by atoms with E-state index in [0.29, 0.717) is 4.88 Å². The van der Waals surface area contributed by atoms with Crippen LogP contribution in [0.3, 0.4) is 0 Å². The number of carbonyl (C=O) groups is 1. The average molecular weight is 240 g/mol. The van der Waals surface area contributed by atoms with Gasteiger partial charge in [0.2, 0.25) is 0 Å². The molecule has 1 heterocycles. The normalized spacial score (nSPS) is 20.6. The second-order valence-corrected chi connectivity index (χ2v) is 5.16. The molecule has 0 radical (unpaired) electrons. The minimum atomic E-state index is -1.43. The van der Waals surface area contributed by atoms with Crippen LogP contribution >= 0.6 is 11.3 Å². The van der Waals surface area contributed by atoms with Crippen LogP contribution in [0.1, 0.15) is 30.6 Å². The van der Waals surface area contributed by atoms with Crippen molar-refractivity contribution in [2.75, 3.05) is 7.11 Å². The average Bonchev–Trinajstić information content (AvgIpc) is 2.98. The Morgan fingerprint density at radius 2 is 2.25 bits per heavy atom. The molecule has 1 N–H and O–H groups in total. The third-order valence-electron chi connectivity index (χ3n) is 3.34. The molecule has 1 aliphatic carbocycles. The van der Waals surface area contributed by atoms with Gasteiger partial charge in [0, 0.05) is 10.8 Å². The van der Waals surface area contributed by atoms with E-state index in [9.17, 15) is 9.90 Å². The minimum Gasteiger partial charge on any atom is -0.467 e. The highest BCUT2D eigenvalue weighted by Gasteiger charge is 2.48. The summed E-state index contributed by atoms with van der Waals surface area (Å²) in [6.45, 7) is 0. The van der Waals surface area contributed by atoms with Crippen molar-refractivity contribution >= 4 is 17.3 Å². The van der Waals surface area contributed by atoms with Gasteiger partial charge < -0.3 is 9.84 Å². The molecule has 0 aromatic carbocycles. The van der Waals surface area contributed by atoms with Crippen LogP contribution in [0.15, 0.2) is 17.5 Å². The van der Waals surface area contributed by atoms with Crippen molar-refractivity contribution in [3.8, 4) is 0 Å². The molecule has 4 heteroatoms. The van der Waals surface area contributed by atoms with E-state index in [-0.39, 0.29) is 5.92 Å². The van der Waals surface area contributed by atoms with Crippen molar-refractivity contribution in [3.63, 3.8) is 0 Å². The molecule has 0 spiro atoms. The third-order valence-corrected chi connectivity index (χ3v) is 4.33. The first kappa shape index (κ1) is 11.6. The topological polar surface area (TPSA) is 46.5 Å². The molecule has 88 valence electrons. The Bertz CT molecular complexity index is 354. The number of ether oxygens (including phenoxy) is 1. The lowest BCUT2D eigenvalue weighted by Crippen LogP contribution is -2.42. The lowest BCUT2D eigenvalue weighted by molar-refractivity contribution is -0.170. The van der Waals surface area contributed by atoms with Crippen molar-refractivity contribution in [3.05, 3.63) is 22.4 Å². The van der Waals surface area contributed by atoms with Gasteiger partial charge in [-0.3, -0.25) is 0 Å². The summed E-state index contributed by atoms with van der Waals surface area (Å²) in [5, 5.41) is 12.5. The Morgan fingerprint density at radius 1 is 1.56 bits per heavy atom. The molecule has 0 amide bonds. The number of hydrogen-bond donors (Lipinski definition) is 1. The summed E-state index contributed by atoms with van der Waals surface area (Å²) >= 11 is 1.41. The van der Waals surface area contributed by atoms with Gasteiger partial charge in [0.05, 0.1) is 7.11 Å². The fraction of sp³-hybridized carbons (Fsp3) is 0.583. The quantitative estimate of drug-likeness (QED) is 0.825. The maximum Gasteiger partial charge on any atom is 0.343 e. The van der Waals surface area contributed by atoms with E-state index in [1.54, 1.807) is 6.07 Å². The molecule has 1 aromatic rings. The standard InChI is InChI=1S/C12H16O3S/c1-15-11(13)12(14,9-5-2-3-6-9)10-7-4-8-16-10/h4,7-9,14H,2-3,5-6H2,1H3/t12-/m1/s1. The second-order valence-electron chi connectivity index (χ2n) is 4.22. The van der Waals surface area contributed by atoms with Crippen LogP contribution in [0.25, 0.3) is 0 Å². The highest BCUT2D eigenvalue weighted by atomic mass is 32.1. The zero-order chi connectivity index (χ0) is 11.6. The zero-order valence-electron chi connectivity index (χ0n) is 9.31. The van der Waals surface area contributed by atoms with Crippen LogP contribution in [-0.4, -0.2) is 18.2 Å². The predicted octanol–water partition coefficient (Wildman–Crippen LogP) is 2.30. The van der Waals surface area contributed by atoms with Crippen LogP contribution in [0, 0.1) is 5.92 Å². The van der Waals surface area contributed by atoms with Crippen molar-refractivity contribution in [1.29, 1.82) is 0 Å². The lowest BCUT2D eigenvalue weighted by atomic mass is 9.84. The monoisotopic (exact) mass is 240 g/mol. The number of rotatable bonds is 3. The number of thiophene rings is 1. The Morgan fingerprint density at radius 3 is 2.75 bits per heavy atom. The third kappa shape index (κ3) is 1.76. The number of carbonyl (C=O) groups excluding carboxylic acids is 1. The second kappa shape index (κ2) is 4.55. The molecule has 1 saturated carbocycles. The van der Waals surface area contributed by atoms with Gasteiger partial charge in [0.25, 0.3) is 0 Å². The maximum absolute atomic E-state index is 11.9. The molecule has 0 bridgehead atoms. The van der Waals surface area contributed by atoms with E-state index in [0.717, 1.165) is 25.7 Å². The fourth-order valence-electron chi connectivity index (χ4n) is 2.46. The van der Waals surface area contributed by atoms with Crippen LogP contribution in [-0.2, 0) is 15.1 Å². The number of aliphatic hydroxyl groups is 1. The van der Waals surface area contributed by atoms with Crippen LogP contribution < -0.4 is 0 Å². The summed E-state index contributed by atoms with van der Waals surface area (Å²) in [7, 11) is 1.33. The van der Waals surface area contributed by atoms with Crippen molar-refractivity contribution in [2.45, 2.75) is 31.3 Å². The SMILES string of the molecule is COC(=O)[C@](O)(c1cccs1)C1CCCC1. The van der Waals surface area contributed by atoms with E-state index in [4.69, 9.17) is 4.74 Å². The molecule has 1 fully saturated rings. The van der Waals surface area contributed by atoms with Crippen molar-refractivity contribution in [1.82, 2.24) is 0 Å². The zero-order valence-corrected chi connectivity index (χ0v) is 10.1. The van der Waals surface area contributed by atoms with Gasteiger partial charge in [-0.1, -0.05) is 18.9 Å². The Balaban J connectivity index is 2.35. The summed E-state index contributed by atoms with van der Waals surface area (Å²) in [4.78, 5) is 12.6. The van der Waals surface area contributed by atoms with Crippen LogP contribution in [0.4, 0.5) is 0 Å². The largest absolute Gasteiger partial charge is 0.467 e. The Labute approximate surface area is 99.1 Å². The molecule has 0 aliphatic heterocycles. The molecule has 0 unspecified atom stereocenters. The Hall–Kier alpha value is -0.870. The number of esters is 1. The van der Waals surface area contributed by atoms with E-state index in [2.05, 4.69) is 0 Å². The van der Waals surface area contributed by atoms with Crippen LogP contribution in [0.5, 0.6) is 0 Å². The highest BCUT2D eigenvalue weighted by Crippen LogP contribution is 2.42. The van der Waals surface area contributed by atoms with E-state index < -0.39 is 11.6 Å². The fourth-order valence-corrected chi connectivity index (χ4v) is 3.35. The summed E-state index contributed by atoms with van der Waals surface area (Å²) in [5.74, 6) is -0.527. The Kier molecular flexibility index (Phi) is 3.30. The number of hydrogen-bond acceptors (Lipinski definition) is 4. The molecule has 1 atom stereocenters. The maximum atomic E-state index is 11.9. The van der Waals surface area contributed by atoms with E-state index >= 15 is 0 Å². The summed E-state index contributed by atoms with van der Waals surface area (Å²) in [6.07, 6.45) is 3.94. The predicted molar refractivity (Wildman–Crippen MR) is 62.2 cm³/mol. The molecular weight excluding hydrogens is 224 g/mol. The molecule has 0 saturated heterocycles.